The number of anilines is 2. The van der Waals surface area contributed by atoms with Crippen molar-refractivity contribution in [2.24, 2.45) is 5.84 Å². The zero-order chi connectivity index (χ0) is 13.0. The van der Waals surface area contributed by atoms with Gasteiger partial charge in [0.05, 0.1) is 4.47 Å². The first kappa shape index (κ1) is 13.9. The molecule has 4 N–H and O–H groups in total. The van der Waals surface area contributed by atoms with E-state index in [-0.39, 0.29) is 0 Å². The molecule has 0 aromatic carbocycles. The fraction of sp³-hybridized carbons (Fsp3) is 0.636. The molecule has 100 valence electrons. The summed E-state index contributed by atoms with van der Waals surface area (Å²) in [6.07, 6.45) is 8.94. The summed E-state index contributed by atoms with van der Waals surface area (Å²) in [5, 5.41) is 4.16. The molecule has 18 heavy (non-hydrogen) atoms. The lowest BCUT2D eigenvalue weighted by Crippen LogP contribution is -2.34. The molecule has 1 aromatic heterocycles. The molecule has 0 radical (unpaired) electrons. The van der Waals surface area contributed by atoms with Crippen LogP contribution in [0.5, 0.6) is 0 Å². The summed E-state index contributed by atoms with van der Waals surface area (Å²) in [6.45, 7) is 0. The summed E-state index contributed by atoms with van der Waals surface area (Å²) < 4.78 is 0.868. The van der Waals surface area contributed by atoms with E-state index in [1.165, 1.54) is 25.7 Å². The fourth-order valence-corrected chi connectivity index (χ4v) is 3.50. The Kier molecular flexibility index (Phi) is 5.08. The van der Waals surface area contributed by atoms with Crippen LogP contribution in [0.15, 0.2) is 10.7 Å². The number of nitrogens with two attached hydrogens (primary N) is 1. The molecule has 1 saturated carbocycles. The summed E-state index contributed by atoms with van der Waals surface area (Å²) >= 11 is 5.39. The van der Waals surface area contributed by atoms with E-state index in [1.54, 1.807) is 6.20 Å². The Labute approximate surface area is 120 Å². The second kappa shape index (κ2) is 6.58. The van der Waals surface area contributed by atoms with Gasteiger partial charge in [0.2, 0.25) is 5.95 Å². The van der Waals surface area contributed by atoms with Crippen LogP contribution in [0.25, 0.3) is 0 Å². The fourth-order valence-electron chi connectivity index (χ4n) is 2.26. The molecule has 7 heteroatoms. The highest BCUT2D eigenvalue weighted by Gasteiger charge is 2.25. The number of aromatic nitrogens is 2. The molecule has 0 spiro atoms. The Bertz CT molecular complexity index is 403. The van der Waals surface area contributed by atoms with Crippen LogP contribution in [0.4, 0.5) is 11.8 Å². The largest absolute Gasteiger partial charge is 0.365 e. The van der Waals surface area contributed by atoms with Crippen molar-refractivity contribution >= 4 is 39.5 Å². The van der Waals surface area contributed by atoms with Crippen LogP contribution in [0.3, 0.4) is 0 Å². The first-order chi connectivity index (χ1) is 8.74. The van der Waals surface area contributed by atoms with E-state index in [2.05, 4.69) is 42.9 Å². The average Bonchev–Trinajstić information content (AvgIpc) is 2.42. The number of rotatable bonds is 4. The monoisotopic (exact) mass is 331 g/mol. The molecule has 5 nitrogen and oxygen atoms in total. The molecule has 0 bridgehead atoms. The van der Waals surface area contributed by atoms with Gasteiger partial charge in [-0.25, -0.2) is 10.8 Å². The number of hydrogen-bond donors (Lipinski definition) is 3. The van der Waals surface area contributed by atoms with Crippen LogP contribution >= 0.6 is 27.7 Å². The van der Waals surface area contributed by atoms with Crippen molar-refractivity contribution in [3.05, 3.63) is 10.7 Å². The zero-order valence-electron chi connectivity index (χ0n) is 10.3. The van der Waals surface area contributed by atoms with Crippen LogP contribution in [-0.4, -0.2) is 27.5 Å². The van der Waals surface area contributed by atoms with Crippen molar-refractivity contribution in [3.8, 4) is 0 Å². The minimum Gasteiger partial charge on any atom is -0.365 e. The maximum Gasteiger partial charge on any atom is 0.239 e. The van der Waals surface area contributed by atoms with E-state index in [0.717, 1.165) is 10.3 Å². The number of nitrogens with one attached hydrogen (secondary N) is 2. The maximum atomic E-state index is 5.33. The maximum absolute atomic E-state index is 5.33. The topological polar surface area (TPSA) is 75.9 Å². The molecule has 0 amide bonds. The molecule has 1 fully saturated rings. The van der Waals surface area contributed by atoms with Crippen LogP contribution in [-0.2, 0) is 0 Å². The molecule has 1 aliphatic carbocycles. The summed E-state index contributed by atoms with van der Waals surface area (Å²) in [5.74, 6) is 6.57. The number of thioether (sulfide) groups is 1. The Hall–Kier alpha value is -0.530. The van der Waals surface area contributed by atoms with Crippen LogP contribution in [0.2, 0.25) is 0 Å². The molecular weight excluding hydrogens is 314 g/mol. The Balaban J connectivity index is 2.11. The van der Waals surface area contributed by atoms with Crippen LogP contribution in [0.1, 0.15) is 25.7 Å². The third kappa shape index (κ3) is 3.27. The Morgan fingerprint density at radius 1 is 1.44 bits per heavy atom. The molecule has 0 aliphatic heterocycles. The smallest absolute Gasteiger partial charge is 0.239 e. The van der Waals surface area contributed by atoms with E-state index in [1.807, 2.05) is 11.8 Å². The van der Waals surface area contributed by atoms with E-state index in [9.17, 15) is 0 Å². The Morgan fingerprint density at radius 2 is 2.22 bits per heavy atom. The van der Waals surface area contributed by atoms with Gasteiger partial charge >= 0.3 is 0 Å². The molecular formula is C11H18BrN5S. The molecule has 1 heterocycles. The number of hydrogen-bond acceptors (Lipinski definition) is 6. The summed E-state index contributed by atoms with van der Waals surface area (Å²) in [5.41, 5.74) is 2.47. The molecule has 1 aromatic rings. The van der Waals surface area contributed by atoms with Crippen molar-refractivity contribution < 1.29 is 0 Å². The van der Waals surface area contributed by atoms with Gasteiger partial charge < -0.3 is 5.32 Å². The van der Waals surface area contributed by atoms with Crippen molar-refractivity contribution in [1.82, 2.24) is 9.97 Å². The van der Waals surface area contributed by atoms with Gasteiger partial charge in [0, 0.05) is 17.5 Å². The quantitative estimate of drug-likeness (QED) is 0.581. The normalized spacial score (nSPS) is 23.7. The molecule has 1 aliphatic rings. The number of nitrogen functional groups attached to an aromatic ring is 1. The van der Waals surface area contributed by atoms with E-state index in [4.69, 9.17) is 5.84 Å². The predicted octanol–water partition coefficient (Wildman–Crippen LogP) is 2.61. The first-order valence-corrected chi connectivity index (χ1v) is 8.11. The SMILES string of the molecule is CSC1CCCCC1Nc1nc(NN)ncc1Br. The zero-order valence-corrected chi connectivity index (χ0v) is 12.7. The highest BCUT2D eigenvalue weighted by molar-refractivity contribution is 9.10. The Morgan fingerprint density at radius 3 is 2.94 bits per heavy atom. The van der Waals surface area contributed by atoms with Gasteiger partial charge in [0.15, 0.2) is 0 Å². The highest BCUT2D eigenvalue weighted by Crippen LogP contribution is 2.31. The number of halogens is 1. The summed E-state index contributed by atoms with van der Waals surface area (Å²) in [7, 11) is 0. The van der Waals surface area contributed by atoms with Gasteiger partial charge in [-0.05, 0) is 35.0 Å². The second-order valence-electron chi connectivity index (χ2n) is 4.34. The van der Waals surface area contributed by atoms with Crippen LogP contribution in [0, 0.1) is 0 Å². The first-order valence-electron chi connectivity index (χ1n) is 6.03. The van der Waals surface area contributed by atoms with Crippen molar-refractivity contribution in [1.29, 1.82) is 0 Å². The van der Waals surface area contributed by atoms with E-state index in [0.29, 0.717) is 17.2 Å². The molecule has 2 rings (SSSR count). The molecule has 0 saturated heterocycles. The number of nitrogens with zero attached hydrogens (tertiary/aromatic N) is 2. The van der Waals surface area contributed by atoms with Gasteiger partial charge in [-0.3, -0.25) is 5.43 Å². The summed E-state index contributed by atoms with van der Waals surface area (Å²) in [4.78, 5) is 8.39. The third-order valence-corrected chi connectivity index (χ3v) is 4.95. The van der Waals surface area contributed by atoms with Gasteiger partial charge in [0.25, 0.3) is 0 Å². The minimum atomic E-state index is 0.428. The van der Waals surface area contributed by atoms with Gasteiger partial charge in [-0.2, -0.15) is 16.7 Å². The number of hydrazine groups is 1. The van der Waals surface area contributed by atoms with Crippen molar-refractivity contribution in [2.45, 2.75) is 37.0 Å². The standard InChI is InChI=1S/C11H18BrN5S/c1-18-9-5-3-2-4-8(9)15-10-7(12)6-14-11(16-10)17-13/h6,8-9H,2-5,13H2,1H3,(H2,14,15,16,17). The lowest BCUT2D eigenvalue weighted by Gasteiger charge is -2.31. The van der Waals surface area contributed by atoms with Crippen molar-refractivity contribution in [3.63, 3.8) is 0 Å². The molecule has 2 unspecified atom stereocenters. The minimum absolute atomic E-state index is 0.428. The average molecular weight is 332 g/mol. The summed E-state index contributed by atoms with van der Waals surface area (Å²) in [6, 6.07) is 0.463. The highest BCUT2D eigenvalue weighted by atomic mass is 79.9. The van der Waals surface area contributed by atoms with Gasteiger partial charge in [0.1, 0.15) is 5.82 Å². The predicted molar refractivity (Wildman–Crippen MR) is 80.7 cm³/mol. The van der Waals surface area contributed by atoms with Crippen molar-refractivity contribution in [2.75, 3.05) is 17.0 Å². The lowest BCUT2D eigenvalue weighted by molar-refractivity contribution is 0.474. The van der Waals surface area contributed by atoms with Crippen LogP contribution < -0.4 is 16.6 Å². The van der Waals surface area contributed by atoms with E-state index < -0.39 is 0 Å². The van der Waals surface area contributed by atoms with E-state index >= 15 is 0 Å². The third-order valence-electron chi connectivity index (χ3n) is 3.20. The lowest BCUT2D eigenvalue weighted by atomic mass is 9.95. The van der Waals surface area contributed by atoms with Gasteiger partial charge in [-0.15, -0.1) is 0 Å². The second-order valence-corrected chi connectivity index (χ2v) is 6.28. The van der Waals surface area contributed by atoms with Gasteiger partial charge in [-0.1, -0.05) is 12.8 Å². The molecule has 2 atom stereocenters.